The second-order valence-electron chi connectivity index (χ2n) is 5.69. The molecule has 1 aliphatic carbocycles. The molecule has 0 aromatic heterocycles. The van der Waals surface area contributed by atoms with Crippen molar-refractivity contribution >= 4 is 11.9 Å². The van der Waals surface area contributed by atoms with Gasteiger partial charge in [-0.3, -0.25) is 9.69 Å². The molecule has 1 amide bonds. The molecule has 1 spiro atoms. The van der Waals surface area contributed by atoms with Crippen LogP contribution < -0.4 is 0 Å². The van der Waals surface area contributed by atoms with Crippen molar-refractivity contribution in [1.82, 2.24) is 4.90 Å². The Morgan fingerprint density at radius 2 is 2.00 bits per heavy atom. The predicted molar refractivity (Wildman–Crippen MR) is 59.1 cm³/mol. The number of carbonyl (C=O) groups excluding carboxylic acids is 2. The van der Waals surface area contributed by atoms with Gasteiger partial charge in [0.25, 0.3) is 0 Å². The summed E-state index contributed by atoms with van der Waals surface area (Å²) < 4.78 is 5.34. The number of hydrogen-bond donors (Lipinski definition) is 0. The van der Waals surface area contributed by atoms with Gasteiger partial charge < -0.3 is 4.74 Å². The van der Waals surface area contributed by atoms with Crippen LogP contribution in [-0.4, -0.2) is 34.5 Å². The number of hydrogen-bond acceptors (Lipinski definition) is 3. The highest BCUT2D eigenvalue weighted by molar-refractivity contribution is 5.95. The smallest absolute Gasteiger partial charge is 0.411 e. The van der Waals surface area contributed by atoms with E-state index >= 15 is 0 Å². The second-order valence-corrected chi connectivity index (χ2v) is 5.69. The van der Waals surface area contributed by atoms with Crippen LogP contribution in [0.15, 0.2) is 0 Å². The van der Waals surface area contributed by atoms with Crippen LogP contribution in [0.25, 0.3) is 0 Å². The van der Waals surface area contributed by atoms with Crippen LogP contribution in [0.5, 0.6) is 0 Å². The van der Waals surface area contributed by atoms with Crippen molar-refractivity contribution < 1.29 is 14.3 Å². The molecule has 4 nitrogen and oxygen atoms in total. The molecule has 0 aromatic carbocycles. The molecule has 0 aromatic rings. The van der Waals surface area contributed by atoms with Crippen LogP contribution in [0.1, 0.15) is 46.5 Å². The number of amides is 1. The summed E-state index contributed by atoms with van der Waals surface area (Å²) in [5.74, 6) is 0.213. The van der Waals surface area contributed by atoms with Crippen LogP contribution in [0.4, 0.5) is 4.79 Å². The molecule has 16 heavy (non-hydrogen) atoms. The Hall–Kier alpha value is -1.06. The van der Waals surface area contributed by atoms with Gasteiger partial charge in [-0.25, -0.2) is 4.79 Å². The van der Waals surface area contributed by atoms with E-state index in [2.05, 4.69) is 0 Å². The fraction of sp³-hybridized carbons (Fsp3) is 0.833. The van der Waals surface area contributed by atoms with E-state index in [0.717, 1.165) is 19.3 Å². The topological polar surface area (TPSA) is 46.6 Å². The van der Waals surface area contributed by atoms with E-state index in [1.807, 2.05) is 20.8 Å². The third kappa shape index (κ3) is 1.93. The minimum absolute atomic E-state index is 0.213. The average Bonchev–Trinajstić information content (AvgIpc) is 2.88. The van der Waals surface area contributed by atoms with Gasteiger partial charge in [0.15, 0.2) is 5.78 Å². The van der Waals surface area contributed by atoms with Crippen LogP contribution in [0.3, 0.4) is 0 Å². The van der Waals surface area contributed by atoms with Gasteiger partial charge >= 0.3 is 6.09 Å². The highest BCUT2D eigenvalue weighted by atomic mass is 16.6. The molecule has 4 heteroatoms. The minimum Gasteiger partial charge on any atom is -0.444 e. The number of rotatable bonds is 0. The van der Waals surface area contributed by atoms with E-state index < -0.39 is 11.1 Å². The Bertz CT molecular complexity index is 326. The SMILES string of the molecule is CC(C)(C)OC(=O)N1CCCC(=O)C12CC2. The predicted octanol–water partition coefficient (Wildman–Crippen LogP) is 2.12. The molecule has 2 fully saturated rings. The number of ketones is 1. The summed E-state index contributed by atoms with van der Waals surface area (Å²) in [7, 11) is 0. The number of carbonyl (C=O) groups is 2. The van der Waals surface area contributed by atoms with Gasteiger partial charge in [0.05, 0.1) is 0 Å². The molecular formula is C12H19NO3. The summed E-state index contributed by atoms with van der Waals surface area (Å²) in [4.78, 5) is 25.4. The Labute approximate surface area is 95.9 Å². The molecule has 0 radical (unpaired) electrons. The van der Waals surface area contributed by atoms with Crippen molar-refractivity contribution in [2.24, 2.45) is 0 Å². The highest BCUT2D eigenvalue weighted by Gasteiger charge is 2.57. The number of likely N-dealkylation sites (tertiary alicyclic amines) is 1. The van der Waals surface area contributed by atoms with E-state index in [9.17, 15) is 9.59 Å². The molecule has 2 rings (SSSR count). The molecule has 0 unspecified atom stereocenters. The number of ether oxygens (including phenoxy) is 1. The lowest BCUT2D eigenvalue weighted by Crippen LogP contribution is -2.52. The fourth-order valence-electron chi connectivity index (χ4n) is 2.25. The van der Waals surface area contributed by atoms with Crippen LogP contribution in [-0.2, 0) is 9.53 Å². The zero-order valence-electron chi connectivity index (χ0n) is 10.2. The quantitative estimate of drug-likeness (QED) is 0.634. The van der Waals surface area contributed by atoms with E-state index in [0.29, 0.717) is 13.0 Å². The Morgan fingerprint density at radius 3 is 2.50 bits per heavy atom. The number of piperidine rings is 1. The fourth-order valence-corrected chi connectivity index (χ4v) is 2.25. The summed E-state index contributed by atoms with van der Waals surface area (Å²) in [6.45, 7) is 6.18. The molecule has 1 aliphatic heterocycles. The maximum atomic E-state index is 12.0. The Balaban J connectivity index is 2.09. The van der Waals surface area contributed by atoms with E-state index in [1.165, 1.54) is 0 Å². The lowest BCUT2D eigenvalue weighted by Gasteiger charge is -2.36. The maximum absolute atomic E-state index is 12.0. The average molecular weight is 225 g/mol. The summed E-state index contributed by atoms with van der Waals surface area (Å²) in [6, 6.07) is 0. The van der Waals surface area contributed by atoms with E-state index in [1.54, 1.807) is 4.90 Å². The van der Waals surface area contributed by atoms with Gasteiger partial charge in [0.1, 0.15) is 11.1 Å². The summed E-state index contributed by atoms with van der Waals surface area (Å²) in [5.41, 5.74) is -0.978. The largest absolute Gasteiger partial charge is 0.444 e. The standard InChI is InChI=1S/C12H19NO3/c1-11(2,3)16-10(15)13-8-4-5-9(14)12(13)6-7-12/h4-8H2,1-3H3. The molecule has 2 aliphatic rings. The normalized spacial score (nSPS) is 23.4. The first-order chi connectivity index (χ1) is 7.35. The zero-order chi connectivity index (χ0) is 12.0. The molecule has 0 atom stereocenters. The third-order valence-corrected chi connectivity index (χ3v) is 3.16. The molecule has 0 bridgehead atoms. The molecule has 1 heterocycles. The number of Topliss-reactive ketones (excluding diaryl/α,β-unsaturated/α-hetero) is 1. The van der Waals surface area contributed by atoms with E-state index in [-0.39, 0.29) is 11.9 Å². The zero-order valence-corrected chi connectivity index (χ0v) is 10.2. The van der Waals surface area contributed by atoms with Crippen LogP contribution in [0, 0.1) is 0 Å². The first-order valence-electron chi connectivity index (χ1n) is 5.89. The van der Waals surface area contributed by atoms with Crippen molar-refractivity contribution in [3.8, 4) is 0 Å². The highest BCUT2D eigenvalue weighted by Crippen LogP contribution is 2.46. The third-order valence-electron chi connectivity index (χ3n) is 3.16. The van der Waals surface area contributed by atoms with Gasteiger partial charge in [-0.15, -0.1) is 0 Å². The summed E-state index contributed by atoms with van der Waals surface area (Å²) >= 11 is 0. The van der Waals surface area contributed by atoms with Gasteiger partial charge in [0, 0.05) is 13.0 Å². The van der Waals surface area contributed by atoms with Crippen molar-refractivity contribution in [2.75, 3.05) is 6.54 Å². The Morgan fingerprint density at radius 1 is 1.38 bits per heavy atom. The lowest BCUT2D eigenvalue weighted by molar-refractivity contribution is -0.128. The maximum Gasteiger partial charge on any atom is 0.411 e. The lowest BCUT2D eigenvalue weighted by atomic mass is 9.99. The first kappa shape index (κ1) is 11.4. The van der Waals surface area contributed by atoms with Gasteiger partial charge in [-0.05, 0) is 40.0 Å². The van der Waals surface area contributed by atoms with Gasteiger partial charge in [0.2, 0.25) is 0 Å². The molecule has 1 saturated heterocycles. The monoisotopic (exact) mass is 225 g/mol. The van der Waals surface area contributed by atoms with Gasteiger partial charge in [-0.1, -0.05) is 0 Å². The van der Waals surface area contributed by atoms with Crippen LogP contribution >= 0.6 is 0 Å². The minimum atomic E-state index is -0.492. The van der Waals surface area contributed by atoms with Crippen molar-refractivity contribution in [3.63, 3.8) is 0 Å². The number of nitrogens with zero attached hydrogens (tertiary/aromatic N) is 1. The first-order valence-corrected chi connectivity index (χ1v) is 5.89. The van der Waals surface area contributed by atoms with Crippen molar-refractivity contribution in [1.29, 1.82) is 0 Å². The van der Waals surface area contributed by atoms with Crippen molar-refractivity contribution in [3.05, 3.63) is 0 Å². The molecule has 1 saturated carbocycles. The van der Waals surface area contributed by atoms with Gasteiger partial charge in [-0.2, -0.15) is 0 Å². The van der Waals surface area contributed by atoms with Crippen LogP contribution in [0.2, 0.25) is 0 Å². The second kappa shape index (κ2) is 3.47. The molecule has 90 valence electrons. The Kier molecular flexibility index (Phi) is 2.48. The molecule has 0 N–H and O–H groups in total. The summed E-state index contributed by atoms with van der Waals surface area (Å²) in [5, 5.41) is 0. The summed E-state index contributed by atoms with van der Waals surface area (Å²) in [6.07, 6.45) is 2.66. The van der Waals surface area contributed by atoms with Crippen molar-refractivity contribution in [2.45, 2.75) is 57.6 Å². The van der Waals surface area contributed by atoms with E-state index in [4.69, 9.17) is 4.74 Å². The molecular weight excluding hydrogens is 206 g/mol.